The van der Waals surface area contributed by atoms with Crippen LogP contribution in [-0.4, -0.2) is 4.98 Å². The SMILES string of the molecule is CCC(C)c1cccc(N)n1. The van der Waals surface area contributed by atoms with Gasteiger partial charge in [-0.25, -0.2) is 4.98 Å². The number of anilines is 1. The predicted molar refractivity (Wildman–Crippen MR) is 47.4 cm³/mol. The maximum Gasteiger partial charge on any atom is 0.123 e. The maximum atomic E-state index is 5.54. The van der Waals surface area contributed by atoms with E-state index in [9.17, 15) is 0 Å². The van der Waals surface area contributed by atoms with Crippen LogP contribution in [-0.2, 0) is 0 Å². The molecule has 1 atom stereocenters. The fraction of sp³-hybridized carbons (Fsp3) is 0.444. The third-order valence-electron chi connectivity index (χ3n) is 1.91. The highest BCUT2D eigenvalue weighted by Gasteiger charge is 2.02. The van der Waals surface area contributed by atoms with Crippen LogP contribution in [0.5, 0.6) is 0 Å². The van der Waals surface area contributed by atoms with Gasteiger partial charge in [-0.1, -0.05) is 19.9 Å². The van der Waals surface area contributed by atoms with Gasteiger partial charge >= 0.3 is 0 Å². The first-order valence-electron chi connectivity index (χ1n) is 3.96. The van der Waals surface area contributed by atoms with E-state index in [0.717, 1.165) is 12.1 Å². The molecule has 0 aliphatic heterocycles. The lowest BCUT2D eigenvalue weighted by molar-refractivity contribution is 0.709. The van der Waals surface area contributed by atoms with Crippen LogP contribution in [0.2, 0.25) is 0 Å². The van der Waals surface area contributed by atoms with Crippen molar-refractivity contribution in [1.29, 1.82) is 0 Å². The molecule has 0 saturated carbocycles. The van der Waals surface area contributed by atoms with E-state index in [2.05, 4.69) is 18.8 Å². The zero-order valence-corrected chi connectivity index (χ0v) is 7.04. The monoisotopic (exact) mass is 150 g/mol. The van der Waals surface area contributed by atoms with E-state index in [1.54, 1.807) is 0 Å². The van der Waals surface area contributed by atoms with E-state index >= 15 is 0 Å². The third kappa shape index (κ3) is 1.93. The van der Waals surface area contributed by atoms with E-state index in [1.807, 2.05) is 18.2 Å². The van der Waals surface area contributed by atoms with Gasteiger partial charge < -0.3 is 5.73 Å². The molecule has 2 heteroatoms. The van der Waals surface area contributed by atoms with Crippen LogP contribution in [0.15, 0.2) is 18.2 Å². The minimum Gasteiger partial charge on any atom is -0.384 e. The first-order valence-corrected chi connectivity index (χ1v) is 3.96. The average molecular weight is 150 g/mol. The van der Waals surface area contributed by atoms with Crippen molar-refractivity contribution in [1.82, 2.24) is 4.98 Å². The van der Waals surface area contributed by atoms with Crippen molar-refractivity contribution in [2.24, 2.45) is 0 Å². The molecule has 0 aliphatic rings. The second-order valence-corrected chi connectivity index (χ2v) is 2.80. The fourth-order valence-corrected chi connectivity index (χ4v) is 0.952. The van der Waals surface area contributed by atoms with E-state index in [4.69, 9.17) is 5.73 Å². The van der Waals surface area contributed by atoms with Gasteiger partial charge in [-0.3, -0.25) is 0 Å². The van der Waals surface area contributed by atoms with Crippen LogP contribution in [0.3, 0.4) is 0 Å². The molecule has 2 N–H and O–H groups in total. The lowest BCUT2D eigenvalue weighted by Crippen LogP contribution is -1.98. The number of nitrogens with two attached hydrogens (primary N) is 1. The largest absolute Gasteiger partial charge is 0.384 e. The maximum absolute atomic E-state index is 5.54. The molecule has 0 fully saturated rings. The number of pyridine rings is 1. The molecular weight excluding hydrogens is 136 g/mol. The van der Waals surface area contributed by atoms with E-state index in [1.165, 1.54) is 0 Å². The fourth-order valence-electron chi connectivity index (χ4n) is 0.952. The van der Waals surface area contributed by atoms with Crippen molar-refractivity contribution in [3.8, 4) is 0 Å². The van der Waals surface area contributed by atoms with Gasteiger partial charge in [-0.15, -0.1) is 0 Å². The molecule has 11 heavy (non-hydrogen) atoms. The Morgan fingerprint density at radius 3 is 2.82 bits per heavy atom. The van der Waals surface area contributed by atoms with Crippen molar-refractivity contribution in [2.75, 3.05) is 5.73 Å². The number of hydrogen-bond donors (Lipinski definition) is 1. The van der Waals surface area contributed by atoms with E-state index in [0.29, 0.717) is 11.7 Å². The molecule has 1 heterocycles. The molecule has 1 rings (SSSR count). The molecule has 1 aromatic heterocycles. The van der Waals surface area contributed by atoms with Gasteiger partial charge in [-0.2, -0.15) is 0 Å². The van der Waals surface area contributed by atoms with Crippen molar-refractivity contribution in [2.45, 2.75) is 26.2 Å². The summed E-state index contributed by atoms with van der Waals surface area (Å²) >= 11 is 0. The first kappa shape index (κ1) is 8.05. The second-order valence-electron chi connectivity index (χ2n) is 2.80. The molecule has 0 saturated heterocycles. The Balaban J connectivity index is 2.86. The summed E-state index contributed by atoms with van der Waals surface area (Å²) in [5.74, 6) is 1.13. The summed E-state index contributed by atoms with van der Waals surface area (Å²) in [6.07, 6.45) is 1.11. The lowest BCUT2D eigenvalue weighted by atomic mass is 10.0. The molecule has 0 aliphatic carbocycles. The summed E-state index contributed by atoms with van der Waals surface area (Å²) < 4.78 is 0. The minimum absolute atomic E-state index is 0.512. The Hall–Kier alpha value is -1.05. The molecular formula is C9H14N2. The van der Waals surface area contributed by atoms with E-state index in [-0.39, 0.29) is 0 Å². The third-order valence-corrected chi connectivity index (χ3v) is 1.91. The van der Waals surface area contributed by atoms with E-state index < -0.39 is 0 Å². The van der Waals surface area contributed by atoms with Gasteiger partial charge in [0.1, 0.15) is 5.82 Å². The normalized spacial score (nSPS) is 12.9. The summed E-state index contributed by atoms with van der Waals surface area (Å²) in [7, 11) is 0. The van der Waals surface area contributed by atoms with Crippen molar-refractivity contribution < 1.29 is 0 Å². The lowest BCUT2D eigenvalue weighted by Gasteiger charge is -2.07. The Morgan fingerprint density at radius 2 is 2.27 bits per heavy atom. The van der Waals surface area contributed by atoms with Crippen LogP contribution in [0.25, 0.3) is 0 Å². The van der Waals surface area contributed by atoms with Crippen LogP contribution in [0.1, 0.15) is 31.9 Å². The Morgan fingerprint density at radius 1 is 1.55 bits per heavy atom. The minimum atomic E-state index is 0.512. The zero-order valence-electron chi connectivity index (χ0n) is 7.04. The van der Waals surface area contributed by atoms with Gasteiger partial charge in [0.2, 0.25) is 0 Å². The topological polar surface area (TPSA) is 38.9 Å². The summed E-state index contributed by atoms with van der Waals surface area (Å²) in [6.45, 7) is 4.30. The highest BCUT2D eigenvalue weighted by molar-refractivity contribution is 5.29. The molecule has 0 aromatic carbocycles. The number of rotatable bonds is 2. The van der Waals surface area contributed by atoms with Crippen LogP contribution < -0.4 is 5.73 Å². The van der Waals surface area contributed by atoms with Crippen molar-refractivity contribution >= 4 is 5.82 Å². The van der Waals surface area contributed by atoms with Gasteiger partial charge in [0.25, 0.3) is 0 Å². The smallest absolute Gasteiger partial charge is 0.123 e. The molecule has 0 amide bonds. The van der Waals surface area contributed by atoms with Crippen molar-refractivity contribution in [3.05, 3.63) is 23.9 Å². The van der Waals surface area contributed by atoms with Crippen LogP contribution in [0.4, 0.5) is 5.82 Å². The Labute approximate surface area is 67.5 Å². The van der Waals surface area contributed by atoms with Gasteiger partial charge in [0.05, 0.1) is 0 Å². The average Bonchev–Trinajstić information content (AvgIpc) is 2.03. The summed E-state index contributed by atoms with van der Waals surface area (Å²) in [6, 6.07) is 5.78. The quantitative estimate of drug-likeness (QED) is 0.701. The van der Waals surface area contributed by atoms with Gasteiger partial charge in [0.15, 0.2) is 0 Å². The molecule has 0 bridgehead atoms. The molecule has 0 spiro atoms. The Kier molecular flexibility index (Phi) is 2.47. The van der Waals surface area contributed by atoms with Crippen LogP contribution >= 0.6 is 0 Å². The van der Waals surface area contributed by atoms with Gasteiger partial charge in [0, 0.05) is 5.69 Å². The molecule has 60 valence electrons. The molecule has 1 unspecified atom stereocenters. The number of nitrogen functional groups attached to an aromatic ring is 1. The summed E-state index contributed by atoms with van der Waals surface area (Å²) in [5.41, 5.74) is 6.63. The van der Waals surface area contributed by atoms with Crippen LogP contribution in [0, 0.1) is 0 Å². The Bertz CT molecular complexity index is 233. The zero-order chi connectivity index (χ0) is 8.27. The number of aromatic nitrogens is 1. The standard InChI is InChI=1S/C9H14N2/c1-3-7(2)8-5-4-6-9(10)11-8/h4-7H,3H2,1-2H3,(H2,10,11). The predicted octanol–water partition coefficient (Wildman–Crippen LogP) is 2.18. The molecule has 2 nitrogen and oxygen atoms in total. The number of nitrogens with zero attached hydrogens (tertiary/aromatic N) is 1. The second kappa shape index (κ2) is 3.37. The molecule has 1 aromatic rings. The highest BCUT2D eigenvalue weighted by Crippen LogP contribution is 2.16. The van der Waals surface area contributed by atoms with Gasteiger partial charge in [-0.05, 0) is 24.5 Å². The molecule has 0 radical (unpaired) electrons. The van der Waals surface area contributed by atoms with Crippen molar-refractivity contribution in [3.63, 3.8) is 0 Å². The summed E-state index contributed by atoms with van der Waals surface area (Å²) in [5, 5.41) is 0. The first-order chi connectivity index (χ1) is 5.24. The number of hydrogen-bond acceptors (Lipinski definition) is 2. The highest BCUT2D eigenvalue weighted by atomic mass is 14.8. The summed E-state index contributed by atoms with van der Waals surface area (Å²) in [4.78, 5) is 4.22.